The summed E-state index contributed by atoms with van der Waals surface area (Å²) in [5.41, 5.74) is 0. The Kier molecular flexibility index (Phi) is 6.14. The molecule has 0 spiro atoms. The fraction of sp³-hybridized carbons (Fsp3) is 0.857. The van der Waals surface area contributed by atoms with Gasteiger partial charge in [-0.15, -0.1) is 0 Å². The van der Waals surface area contributed by atoms with E-state index in [1.54, 1.807) is 7.11 Å². The molecule has 0 bridgehead atoms. The molecule has 0 aliphatic heterocycles. The molecule has 0 aliphatic carbocycles. The summed E-state index contributed by atoms with van der Waals surface area (Å²) in [6.07, 6.45) is 0.468. The standard InChI is InChI=1S/C7H13NO2/c1-3-7(6-8)10-5-4-9-2/h7H,3-5H2,1-2H3. The van der Waals surface area contributed by atoms with Gasteiger partial charge in [0.15, 0.2) is 0 Å². The van der Waals surface area contributed by atoms with Crippen LogP contribution in [0.1, 0.15) is 13.3 Å². The molecular formula is C7H13NO2. The molecule has 1 unspecified atom stereocenters. The monoisotopic (exact) mass is 143 g/mol. The van der Waals surface area contributed by atoms with Gasteiger partial charge in [-0.25, -0.2) is 0 Å². The van der Waals surface area contributed by atoms with Crippen molar-refractivity contribution in [3.8, 4) is 6.07 Å². The van der Waals surface area contributed by atoms with Crippen LogP contribution in [-0.2, 0) is 9.47 Å². The van der Waals surface area contributed by atoms with E-state index in [1.807, 2.05) is 13.0 Å². The number of methoxy groups -OCH3 is 1. The van der Waals surface area contributed by atoms with Crippen molar-refractivity contribution >= 4 is 0 Å². The highest BCUT2D eigenvalue weighted by atomic mass is 16.5. The van der Waals surface area contributed by atoms with E-state index in [1.165, 1.54) is 0 Å². The summed E-state index contributed by atoms with van der Waals surface area (Å²) in [6, 6.07) is 2.03. The minimum absolute atomic E-state index is 0.268. The van der Waals surface area contributed by atoms with Crippen molar-refractivity contribution in [2.45, 2.75) is 19.4 Å². The van der Waals surface area contributed by atoms with Crippen LogP contribution in [-0.4, -0.2) is 26.4 Å². The minimum Gasteiger partial charge on any atom is -0.382 e. The lowest BCUT2D eigenvalue weighted by Gasteiger charge is -2.06. The summed E-state index contributed by atoms with van der Waals surface area (Å²) in [4.78, 5) is 0. The van der Waals surface area contributed by atoms with Crippen molar-refractivity contribution in [1.82, 2.24) is 0 Å². The van der Waals surface area contributed by atoms with Gasteiger partial charge in [0.05, 0.1) is 19.3 Å². The molecule has 0 fully saturated rings. The maximum atomic E-state index is 8.41. The van der Waals surface area contributed by atoms with Gasteiger partial charge in [-0.05, 0) is 6.42 Å². The lowest BCUT2D eigenvalue weighted by molar-refractivity contribution is 0.0414. The van der Waals surface area contributed by atoms with E-state index in [0.717, 1.165) is 6.42 Å². The molecule has 0 saturated carbocycles. The maximum absolute atomic E-state index is 8.41. The Balaban J connectivity index is 3.20. The molecule has 0 heterocycles. The third kappa shape index (κ3) is 4.30. The first-order valence-electron chi connectivity index (χ1n) is 3.35. The average molecular weight is 143 g/mol. The molecule has 0 rings (SSSR count). The van der Waals surface area contributed by atoms with E-state index >= 15 is 0 Å². The molecule has 3 heteroatoms. The number of nitrogens with zero attached hydrogens (tertiary/aromatic N) is 1. The summed E-state index contributed by atoms with van der Waals surface area (Å²) in [5, 5.41) is 8.41. The lowest BCUT2D eigenvalue weighted by Crippen LogP contribution is -2.12. The van der Waals surface area contributed by atoms with Crippen LogP contribution in [0.2, 0.25) is 0 Å². The molecule has 1 atom stereocenters. The second-order valence-electron chi connectivity index (χ2n) is 1.89. The quantitative estimate of drug-likeness (QED) is 0.538. The van der Waals surface area contributed by atoms with Gasteiger partial charge in [0.2, 0.25) is 0 Å². The topological polar surface area (TPSA) is 42.2 Å². The fourth-order valence-electron chi connectivity index (χ4n) is 0.520. The number of ether oxygens (including phenoxy) is 2. The van der Waals surface area contributed by atoms with Gasteiger partial charge < -0.3 is 9.47 Å². The highest BCUT2D eigenvalue weighted by Crippen LogP contribution is 1.94. The van der Waals surface area contributed by atoms with Gasteiger partial charge in [0, 0.05) is 7.11 Å². The lowest BCUT2D eigenvalue weighted by atomic mass is 10.3. The van der Waals surface area contributed by atoms with Crippen LogP contribution >= 0.6 is 0 Å². The predicted molar refractivity (Wildman–Crippen MR) is 37.5 cm³/mol. The van der Waals surface area contributed by atoms with E-state index in [-0.39, 0.29) is 6.10 Å². The average Bonchev–Trinajstić information content (AvgIpc) is 1.99. The van der Waals surface area contributed by atoms with Gasteiger partial charge in [0.1, 0.15) is 6.10 Å². The maximum Gasteiger partial charge on any atom is 0.143 e. The van der Waals surface area contributed by atoms with Crippen molar-refractivity contribution in [2.24, 2.45) is 0 Å². The Hall–Kier alpha value is -0.590. The Bertz CT molecular complexity index is 109. The summed E-state index contributed by atoms with van der Waals surface area (Å²) < 4.78 is 9.84. The Labute approximate surface area is 61.5 Å². The molecule has 10 heavy (non-hydrogen) atoms. The molecular weight excluding hydrogens is 130 g/mol. The minimum atomic E-state index is -0.268. The van der Waals surface area contributed by atoms with Gasteiger partial charge >= 0.3 is 0 Å². The van der Waals surface area contributed by atoms with Gasteiger partial charge in [-0.1, -0.05) is 6.92 Å². The van der Waals surface area contributed by atoms with E-state index in [0.29, 0.717) is 13.2 Å². The molecule has 0 aliphatic rings. The van der Waals surface area contributed by atoms with Gasteiger partial charge in [-0.2, -0.15) is 5.26 Å². The van der Waals surface area contributed by atoms with Crippen molar-refractivity contribution in [3.63, 3.8) is 0 Å². The molecule has 0 N–H and O–H groups in total. The number of rotatable bonds is 5. The first-order valence-corrected chi connectivity index (χ1v) is 3.35. The summed E-state index contributed by atoms with van der Waals surface area (Å²) in [6.45, 7) is 2.97. The molecule has 3 nitrogen and oxygen atoms in total. The summed E-state index contributed by atoms with van der Waals surface area (Å²) in [7, 11) is 1.61. The Morgan fingerprint density at radius 2 is 2.20 bits per heavy atom. The van der Waals surface area contributed by atoms with Crippen LogP contribution in [0.4, 0.5) is 0 Å². The highest BCUT2D eigenvalue weighted by Gasteiger charge is 2.01. The Morgan fingerprint density at radius 3 is 2.60 bits per heavy atom. The second kappa shape index (κ2) is 6.53. The summed E-state index contributed by atoms with van der Waals surface area (Å²) in [5.74, 6) is 0. The van der Waals surface area contributed by atoms with E-state index < -0.39 is 0 Å². The third-order valence-corrected chi connectivity index (χ3v) is 1.12. The van der Waals surface area contributed by atoms with Crippen molar-refractivity contribution in [1.29, 1.82) is 5.26 Å². The van der Waals surface area contributed by atoms with Crippen LogP contribution in [0.15, 0.2) is 0 Å². The van der Waals surface area contributed by atoms with Crippen LogP contribution in [0.25, 0.3) is 0 Å². The molecule has 0 radical (unpaired) electrons. The number of hydrogen-bond donors (Lipinski definition) is 0. The molecule has 0 saturated heterocycles. The zero-order chi connectivity index (χ0) is 7.82. The SMILES string of the molecule is CCC(C#N)OCCOC. The van der Waals surface area contributed by atoms with E-state index in [2.05, 4.69) is 0 Å². The van der Waals surface area contributed by atoms with Gasteiger partial charge in [0.25, 0.3) is 0 Å². The number of nitriles is 1. The smallest absolute Gasteiger partial charge is 0.143 e. The largest absolute Gasteiger partial charge is 0.382 e. The van der Waals surface area contributed by atoms with E-state index in [9.17, 15) is 0 Å². The molecule has 0 aromatic heterocycles. The summed E-state index contributed by atoms with van der Waals surface area (Å²) >= 11 is 0. The molecule has 0 aromatic rings. The van der Waals surface area contributed by atoms with Crippen LogP contribution < -0.4 is 0 Å². The highest BCUT2D eigenvalue weighted by molar-refractivity contribution is 4.82. The first kappa shape index (κ1) is 9.41. The first-order chi connectivity index (χ1) is 4.85. The third-order valence-electron chi connectivity index (χ3n) is 1.12. The zero-order valence-corrected chi connectivity index (χ0v) is 6.46. The van der Waals surface area contributed by atoms with Crippen molar-refractivity contribution < 1.29 is 9.47 Å². The van der Waals surface area contributed by atoms with Crippen LogP contribution in [0.5, 0.6) is 0 Å². The second-order valence-corrected chi connectivity index (χ2v) is 1.89. The van der Waals surface area contributed by atoms with Crippen LogP contribution in [0.3, 0.4) is 0 Å². The molecule has 0 aromatic carbocycles. The Morgan fingerprint density at radius 1 is 1.50 bits per heavy atom. The fourth-order valence-corrected chi connectivity index (χ4v) is 0.520. The molecule has 0 amide bonds. The van der Waals surface area contributed by atoms with Gasteiger partial charge in [-0.3, -0.25) is 0 Å². The molecule has 58 valence electrons. The van der Waals surface area contributed by atoms with Crippen molar-refractivity contribution in [3.05, 3.63) is 0 Å². The predicted octanol–water partition coefficient (Wildman–Crippen LogP) is 0.952. The van der Waals surface area contributed by atoms with Crippen molar-refractivity contribution in [2.75, 3.05) is 20.3 Å². The van der Waals surface area contributed by atoms with E-state index in [4.69, 9.17) is 14.7 Å². The van der Waals surface area contributed by atoms with Crippen LogP contribution in [0, 0.1) is 11.3 Å². The number of hydrogen-bond acceptors (Lipinski definition) is 3. The normalized spacial score (nSPS) is 12.5. The zero-order valence-electron chi connectivity index (χ0n) is 6.46.